The van der Waals surface area contributed by atoms with E-state index in [0.717, 1.165) is 22.4 Å². The van der Waals surface area contributed by atoms with Crippen LogP contribution in [0.2, 0.25) is 0 Å². The molecule has 0 unspecified atom stereocenters. The Bertz CT molecular complexity index is 720. The van der Waals surface area contributed by atoms with Crippen LogP contribution in [-0.4, -0.2) is 22.0 Å². The van der Waals surface area contributed by atoms with Crippen LogP contribution in [0.5, 0.6) is 0 Å². The van der Waals surface area contributed by atoms with Gasteiger partial charge >= 0.3 is 0 Å². The van der Waals surface area contributed by atoms with Gasteiger partial charge in [0.15, 0.2) is 0 Å². The van der Waals surface area contributed by atoms with Crippen LogP contribution < -0.4 is 5.32 Å². The summed E-state index contributed by atoms with van der Waals surface area (Å²) in [6, 6.07) is 12.5. The maximum absolute atomic E-state index is 4.15. The zero-order valence-corrected chi connectivity index (χ0v) is 12.1. The summed E-state index contributed by atoms with van der Waals surface area (Å²) < 4.78 is 2.89. The van der Waals surface area contributed by atoms with Crippen LogP contribution in [0.15, 0.2) is 47.1 Å². The second-order valence-electron chi connectivity index (χ2n) is 4.36. The fourth-order valence-corrected chi connectivity index (χ4v) is 2.41. The van der Waals surface area contributed by atoms with Gasteiger partial charge in [0.05, 0.1) is 17.6 Å². The highest BCUT2D eigenvalue weighted by Crippen LogP contribution is 2.22. The quantitative estimate of drug-likeness (QED) is 0.808. The monoisotopic (exact) mass is 316 g/mol. The van der Waals surface area contributed by atoms with E-state index in [0.29, 0.717) is 0 Å². The lowest BCUT2D eigenvalue weighted by Gasteiger charge is -2.03. The van der Waals surface area contributed by atoms with Gasteiger partial charge in [0.1, 0.15) is 0 Å². The number of fused-ring (bicyclic) bond motifs is 1. The van der Waals surface area contributed by atoms with Crippen molar-refractivity contribution in [2.24, 2.45) is 0 Å². The van der Waals surface area contributed by atoms with Crippen LogP contribution in [0.3, 0.4) is 0 Å². The first-order valence-corrected chi connectivity index (χ1v) is 6.81. The lowest BCUT2D eigenvalue weighted by Crippen LogP contribution is -2.04. The Morgan fingerprint density at radius 1 is 1.16 bits per heavy atom. The molecule has 19 heavy (non-hydrogen) atoms. The molecule has 4 nitrogen and oxygen atoms in total. The van der Waals surface area contributed by atoms with E-state index in [2.05, 4.69) is 55.8 Å². The second-order valence-corrected chi connectivity index (χ2v) is 5.28. The van der Waals surface area contributed by atoms with Gasteiger partial charge in [-0.05, 0) is 42.1 Å². The molecule has 3 aromatic rings. The van der Waals surface area contributed by atoms with E-state index in [1.54, 1.807) is 4.68 Å². The van der Waals surface area contributed by atoms with Crippen molar-refractivity contribution < 1.29 is 0 Å². The van der Waals surface area contributed by atoms with E-state index in [-0.39, 0.29) is 0 Å². The molecule has 1 heterocycles. The minimum absolute atomic E-state index is 0.723. The van der Waals surface area contributed by atoms with E-state index >= 15 is 0 Å². The van der Waals surface area contributed by atoms with Gasteiger partial charge in [-0.15, -0.1) is 5.10 Å². The highest BCUT2D eigenvalue weighted by Gasteiger charge is 2.03. The SMILES string of the molecule is CNCc1cn(-c2ccc3cc(Br)ccc3c2)nn1. The topological polar surface area (TPSA) is 42.7 Å². The molecule has 1 aromatic heterocycles. The minimum atomic E-state index is 0.723. The Balaban J connectivity index is 2.02. The maximum Gasteiger partial charge on any atom is 0.0969 e. The van der Waals surface area contributed by atoms with Gasteiger partial charge in [-0.25, -0.2) is 4.68 Å². The second kappa shape index (κ2) is 5.11. The number of benzene rings is 2. The van der Waals surface area contributed by atoms with Gasteiger partial charge in [0, 0.05) is 11.0 Å². The first-order valence-electron chi connectivity index (χ1n) is 6.02. The van der Waals surface area contributed by atoms with E-state index in [4.69, 9.17) is 0 Å². The predicted molar refractivity (Wildman–Crippen MR) is 79.3 cm³/mol. The average Bonchev–Trinajstić information content (AvgIpc) is 2.87. The van der Waals surface area contributed by atoms with Crippen molar-refractivity contribution in [2.75, 3.05) is 7.05 Å². The number of nitrogens with zero attached hydrogens (tertiary/aromatic N) is 3. The summed E-state index contributed by atoms with van der Waals surface area (Å²) in [7, 11) is 1.90. The van der Waals surface area contributed by atoms with Crippen molar-refractivity contribution in [1.29, 1.82) is 0 Å². The summed E-state index contributed by atoms with van der Waals surface area (Å²) in [5.74, 6) is 0. The van der Waals surface area contributed by atoms with Gasteiger partial charge in [-0.3, -0.25) is 0 Å². The molecule has 0 fully saturated rings. The first-order chi connectivity index (χ1) is 9.26. The number of aromatic nitrogens is 3. The largest absolute Gasteiger partial charge is 0.314 e. The van der Waals surface area contributed by atoms with Crippen LogP contribution in [0.25, 0.3) is 16.5 Å². The fourth-order valence-electron chi connectivity index (χ4n) is 2.03. The fraction of sp³-hybridized carbons (Fsp3) is 0.143. The van der Waals surface area contributed by atoms with Gasteiger partial charge in [-0.2, -0.15) is 0 Å². The highest BCUT2D eigenvalue weighted by atomic mass is 79.9. The molecule has 2 aromatic carbocycles. The van der Waals surface area contributed by atoms with Crippen molar-refractivity contribution in [2.45, 2.75) is 6.54 Å². The van der Waals surface area contributed by atoms with E-state index in [9.17, 15) is 0 Å². The summed E-state index contributed by atoms with van der Waals surface area (Å²) >= 11 is 3.48. The normalized spacial score (nSPS) is 11.1. The zero-order valence-electron chi connectivity index (χ0n) is 10.5. The van der Waals surface area contributed by atoms with Crippen molar-refractivity contribution in [3.8, 4) is 5.69 Å². The van der Waals surface area contributed by atoms with Crippen LogP contribution in [0, 0.1) is 0 Å². The number of rotatable bonds is 3. The molecular formula is C14H13BrN4. The van der Waals surface area contributed by atoms with Gasteiger partial charge < -0.3 is 5.32 Å². The molecule has 0 bridgehead atoms. The van der Waals surface area contributed by atoms with Crippen LogP contribution in [0.1, 0.15) is 5.69 Å². The zero-order chi connectivity index (χ0) is 13.2. The van der Waals surface area contributed by atoms with Gasteiger partial charge in [0.2, 0.25) is 0 Å². The first kappa shape index (κ1) is 12.3. The molecule has 0 amide bonds. The van der Waals surface area contributed by atoms with E-state index in [1.165, 1.54) is 10.8 Å². The number of halogens is 1. The standard InChI is InChI=1S/C14H13BrN4/c1-16-8-13-9-19(18-17-13)14-5-3-10-6-12(15)4-2-11(10)7-14/h2-7,9,16H,8H2,1H3. The Hall–Kier alpha value is -1.72. The van der Waals surface area contributed by atoms with Crippen LogP contribution in [0.4, 0.5) is 0 Å². The Labute approximate surface area is 119 Å². The molecule has 96 valence electrons. The smallest absolute Gasteiger partial charge is 0.0969 e. The summed E-state index contributed by atoms with van der Waals surface area (Å²) in [6.45, 7) is 0.723. The highest BCUT2D eigenvalue weighted by molar-refractivity contribution is 9.10. The molecule has 0 saturated heterocycles. The van der Waals surface area contributed by atoms with E-state index in [1.807, 2.05) is 25.4 Å². The third-order valence-corrected chi connectivity index (χ3v) is 3.44. The van der Waals surface area contributed by atoms with Crippen molar-refractivity contribution in [3.63, 3.8) is 0 Å². The lowest BCUT2D eigenvalue weighted by molar-refractivity contribution is 0.767. The number of nitrogens with one attached hydrogen (secondary N) is 1. The summed E-state index contributed by atoms with van der Waals surface area (Å²) in [5, 5.41) is 13.7. The molecule has 0 aliphatic heterocycles. The maximum atomic E-state index is 4.15. The molecule has 0 atom stereocenters. The Morgan fingerprint density at radius 2 is 1.95 bits per heavy atom. The molecule has 0 radical (unpaired) electrons. The molecule has 0 aliphatic carbocycles. The molecule has 5 heteroatoms. The van der Waals surface area contributed by atoms with Crippen molar-refractivity contribution >= 4 is 26.7 Å². The third-order valence-electron chi connectivity index (χ3n) is 2.95. The molecule has 0 spiro atoms. The predicted octanol–water partition coefficient (Wildman–Crippen LogP) is 2.90. The van der Waals surface area contributed by atoms with Gasteiger partial charge in [-0.1, -0.05) is 33.3 Å². The summed E-state index contributed by atoms with van der Waals surface area (Å²) in [6.07, 6.45) is 1.94. The van der Waals surface area contributed by atoms with Crippen molar-refractivity contribution in [1.82, 2.24) is 20.3 Å². The van der Waals surface area contributed by atoms with Gasteiger partial charge in [0.25, 0.3) is 0 Å². The third kappa shape index (κ3) is 2.52. The average molecular weight is 317 g/mol. The molecule has 3 rings (SSSR count). The minimum Gasteiger partial charge on any atom is -0.314 e. The number of hydrogen-bond donors (Lipinski definition) is 1. The molecule has 1 N–H and O–H groups in total. The Kier molecular flexibility index (Phi) is 3.31. The van der Waals surface area contributed by atoms with Crippen LogP contribution in [-0.2, 0) is 6.54 Å². The van der Waals surface area contributed by atoms with E-state index < -0.39 is 0 Å². The van der Waals surface area contributed by atoms with Crippen LogP contribution >= 0.6 is 15.9 Å². The summed E-state index contributed by atoms with van der Waals surface area (Å²) in [4.78, 5) is 0. The lowest BCUT2D eigenvalue weighted by atomic mass is 10.1. The molecule has 0 aliphatic rings. The van der Waals surface area contributed by atoms with Crippen molar-refractivity contribution in [3.05, 3.63) is 52.8 Å². The molecular weight excluding hydrogens is 304 g/mol. The molecule has 0 saturated carbocycles. The summed E-state index contributed by atoms with van der Waals surface area (Å²) in [5.41, 5.74) is 1.95. The number of hydrogen-bond acceptors (Lipinski definition) is 3. The Morgan fingerprint density at radius 3 is 2.79 bits per heavy atom.